The molecule has 116 valence electrons. The van der Waals surface area contributed by atoms with Crippen molar-refractivity contribution in [2.75, 3.05) is 0 Å². The number of aryl methyl sites for hydroxylation is 1. The second kappa shape index (κ2) is 6.58. The Morgan fingerprint density at radius 1 is 1.10 bits per heavy atom. The van der Waals surface area contributed by atoms with E-state index in [9.17, 15) is 13.2 Å². The molecule has 21 heavy (non-hydrogen) atoms. The van der Waals surface area contributed by atoms with Gasteiger partial charge in [-0.25, -0.2) is 13.1 Å². The van der Waals surface area contributed by atoms with Gasteiger partial charge in [0.1, 0.15) is 0 Å². The fourth-order valence-corrected chi connectivity index (χ4v) is 4.00. The molecule has 0 aliphatic heterocycles. The number of nitrogens with one attached hydrogen (secondary N) is 2. The van der Waals surface area contributed by atoms with Gasteiger partial charge in [0.2, 0.25) is 15.9 Å². The van der Waals surface area contributed by atoms with Crippen LogP contribution in [0, 0.1) is 6.92 Å². The van der Waals surface area contributed by atoms with Gasteiger partial charge in [-0.05, 0) is 31.9 Å². The second-order valence-corrected chi connectivity index (χ2v) is 7.35. The molecule has 0 bridgehead atoms. The molecule has 1 aliphatic carbocycles. The molecule has 1 saturated carbocycles. The van der Waals surface area contributed by atoms with E-state index in [1.807, 2.05) is 6.92 Å². The fourth-order valence-electron chi connectivity index (χ4n) is 2.69. The molecule has 0 heterocycles. The molecule has 1 aromatic rings. The maximum absolute atomic E-state index is 12.4. The molecule has 2 atom stereocenters. The normalized spacial score (nSPS) is 22.8. The Kier molecular flexibility index (Phi) is 5.00. The van der Waals surface area contributed by atoms with Crippen LogP contribution in [0.3, 0.4) is 0 Å². The highest BCUT2D eigenvalue weighted by Crippen LogP contribution is 2.21. The van der Waals surface area contributed by atoms with Gasteiger partial charge in [0.05, 0.1) is 4.90 Å². The maximum atomic E-state index is 12.4. The number of hydrogen-bond donors (Lipinski definition) is 2. The predicted molar refractivity (Wildman–Crippen MR) is 81.4 cm³/mol. The molecule has 0 unspecified atom stereocenters. The van der Waals surface area contributed by atoms with E-state index in [1.165, 1.54) is 6.92 Å². The average Bonchev–Trinajstić information content (AvgIpc) is 2.40. The summed E-state index contributed by atoms with van der Waals surface area (Å²) in [6.45, 7) is 3.37. The van der Waals surface area contributed by atoms with Crippen LogP contribution in [0.25, 0.3) is 0 Å². The van der Waals surface area contributed by atoms with E-state index in [2.05, 4.69) is 10.0 Å². The van der Waals surface area contributed by atoms with Gasteiger partial charge in [-0.2, -0.15) is 0 Å². The van der Waals surface area contributed by atoms with E-state index in [0.29, 0.717) is 0 Å². The van der Waals surface area contributed by atoms with Crippen LogP contribution in [0.1, 0.15) is 38.2 Å². The first kappa shape index (κ1) is 16.0. The summed E-state index contributed by atoms with van der Waals surface area (Å²) >= 11 is 0. The molecule has 1 amide bonds. The van der Waals surface area contributed by atoms with Gasteiger partial charge in [0, 0.05) is 19.0 Å². The molecule has 0 spiro atoms. The fraction of sp³-hybridized carbons (Fsp3) is 0.533. The zero-order chi connectivity index (χ0) is 15.5. The van der Waals surface area contributed by atoms with Crippen molar-refractivity contribution in [3.8, 4) is 0 Å². The van der Waals surface area contributed by atoms with E-state index >= 15 is 0 Å². The van der Waals surface area contributed by atoms with Crippen molar-refractivity contribution >= 4 is 15.9 Å². The molecule has 2 N–H and O–H groups in total. The summed E-state index contributed by atoms with van der Waals surface area (Å²) in [5.41, 5.74) is 1.02. The standard InChI is InChI=1S/C15H22N2O3S/c1-11-7-9-13(10-8-11)21(19,20)17-15-6-4-3-5-14(15)16-12(2)18/h7-10,14-15,17H,3-6H2,1-2H3,(H,16,18)/t14-,15-/m0/s1. The molecule has 1 fully saturated rings. The largest absolute Gasteiger partial charge is 0.352 e. The Bertz CT molecular complexity index is 596. The van der Waals surface area contributed by atoms with Crippen LogP contribution < -0.4 is 10.0 Å². The van der Waals surface area contributed by atoms with E-state index in [0.717, 1.165) is 31.2 Å². The van der Waals surface area contributed by atoms with Crippen molar-refractivity contribution in [1.29, 1.82) is 0 Å². The number of hydrogen-bond acceptors (Lipinski definition) is 3. The Balaban J connectivity index is 2.13. The van der Waals surface area contributed by atoms with Crippen molar-refractivity contribution in [2.24, 2.45) is 0 Å². The summed E-state index contributed by atoms with van der Waals surface area (Å²) in [4.78, 5) is 11.5. The van der Waals surface area contributed by atoms with Crippen LogP contribution in [0.4, 0.5) is 0 Å². The van der Waals surface area contributed by atoms with Crippen molar-refractivity contribution in [1.82, 2.24) is 10.0 Å². The minimum absolute atomic E-state index is 0.124. The summed E-state index contributed by atoms with van der Waals surface area (Å²) in [6, 6.07) is 6.40. The molecule has 1 aromatic carbocycles. The number of benzene rings is 1. The smallest absolute Gasteiger partial charge is 0.240 e. The van der Waals surface area contributed by atoms with Crippen molar-refractivity contribution in [3.05, 3.63) is 29.8 Å². The van der Waals surface area contributed by atoms with Gasteiger partial charge in [-0.15, -0.1) is 0 Å². The molecule has 1 aliphatic rings. The second-order valence-electron chi connectivity index (χ2n) is 5.63. The monoisotopic (exact) mass is 310 g/mol. The van der Waals surface area contributed by atoms with Crippen LogP contribution in [0.15, 0.2) is 29.2 Å². The summed E-state index contributed by atoms with van der Waals surface area (Å²) in [6.07, 6.45) is 3.53. The molecule has 2 rings (SSSR count). The summed E-state index contributed by atoms with van der Waals surface area (Å²) in [7, 11) is -3.55. The third kappa shape index (κ3) is 4.28. The third-order valence-electron chi connectivity index (χ3n) is 3.79. The zero-order valence-electron chi connectivity index (χ0n) is 12.4. The van der Waals surface area contributed by atoms with Gasteiger partial charge >= 0.3 is 0 Å². The number of amides is 1. The highest BCUT2D eigenvalue weighted by molar-refractivity contribution is 7.89. The minimum atomic E-state index is -3.55. The predicted octanol–water partition coefficient (Wildman–Crippen LogP) is 1.72. The maximum Gasteiger partial charge on any atom is 0.240 e. The number of rotatable bonds is 4. The molecule has 0 radical (unpaired) electrons. The van der Waals surface area contributed by atoms with E-state index < -0.39 is 10.0 Å². The van der Waals surface area contributed by atoms with Crippen LogP contribution in [-0.4, -0.2) is 26.4 Å². The van der Waals surface area contributed by atoms with E-state index in [4.69, 9.17) is 0 Å². The van der Waals surface area contributed by atoms with Crippen molar-refractivity contribution in [2.45, 2.75) is 56.5 Å². The Hall–Kier alpha value is -1.40. The molecular weight excluding hydrogens is 288 g/mol. The minimum Gasteiger partial charge on any atom is -0.352 e. The Morgan fingerprint density at radius 2 is 1.67 bits per heavy atom. The van der Waals surface area contributed by atoms with E-state index in [1.54, 1.807) is 24.3 Å². The van der Waals surface area contributed by atoms with Gasteiger partial charge in [0.25, 0.3) is 0 Å². The van der Waals surface area contributed by atoms with Crippen LogP contribution in [-0.2, 0) is 14.8 Å². The molecular formula is C15H22N2O3S. The first-order chi connectivity index (χ1) is 9.88. The lowest BCUT2D eigenvalue weighted by Crippen LogP contribution is -2.52. The number of carbonyl (C=O) groups is 1. The molecule has 0 aromatic heterocycles. The van der Waals surface area contributed by atoms with Crippen LogP contribution >= 0.6 is 0 Å². The summed E-state index contributed by atoms with van der Waals surface area (Å²) in [5, 5.41) is 2.85. The average molecular weight is 310 g/mol. The highest BCUT2D eigenvalue weighted by atomic mass is 32.2. The van der Waals surface area contributed by atoms with E-state index in [-0.39, 0.29) is 22.9 Å². The molecule has 5 nitrogen and oxygen atoms in total. The van der Waals surface area contributed by atoms with Crippen molar-refractivity contribution in [3.63, 3.8) is 0 Å². The van der Waals surface area contributed by atoms with Gasteiger partial charge < -0.3 is 5.32 Å². The topological polar surface area (TPSA) is 75.3 Å². The van der Waals surface area contributed by atoms with Crippen LogP contribution in [0.2, 0.25) is 0 Å². The first-order valence-corrected chi connectivity index (χ1v) is 8.73. The van der Waals surface area contributed by atoms with Gasteiger partial charge in [-0.3, -0.25) is 4.79 Å². The Labute approximate surface area is 126 Å². The number of sulfonamides is 1. The molecule has 0 saturated heterocycles. The van der Waals surface area contributed by atoms with Crippen LogP contribution in [0.5, 0.6) is 0 Å². The Morgan fingerprint density at radius 3 is 2.24 bits per heavy atom. The van der Waals surface area contributed by atoms with Gasteiger partial charge in [0.15, 0.2) is 0 Å². The lowest BCUT2D eigenvalue weighted by Gasteiger charge is -2.32. The quantitative estimate of drug-likeness (QED) is 0.889. The van der Waals surface area contributed by atoms with Gasteiger partial charge in [-0.1, -0.05) is 30.5 Å². The third-order valence-corrected chi connectivity index (χ3v) is 5.30. The highest BCUT2D eigenvalue weighted by Gasteiger charge is 2.29. The summed E-state index contributed by atoms with van der Waals surface area (Å²) < 4.78 is 27.6. The zero-order valence-corrected chi connectivity index (χ0v) is 13.2. The van der Waals surface area contributed by atoms with Crippen molar-refractivity contribution < 1.29 is 13.2 Å². The summed E-state index contributed by atoms with van der Waals surface area (Å²) in [5.74, 6) is -0.124. The lowest BCUT2D eigenvalue weighted by molar-refractivity contribution is -0.120. The lowest BCUT2D eigenvalue weighted by atomic mass is 9.91. The SMILES string of the molecule is CC(=O)N[C@H]1CCCC[C@@H]1NS(=O)(=O)c1ccc(C)cc1. The molecule has 6 heteroatoms. The number of carbonyl (C=O) groups excluding carboxylic acids is 1. The first-order valence-electron chi connectivity index (χ1n) is 7.24.